The van der Waals surface area contributed by atoms with Crippen molar-refractivity contribution in [1.82, 2.24) is 5.32 Å². The van der Waals surface area contributed by atoms with Crippen LogP contribution in [0.5, 0.6) is 5.75 Å². The summed E-state index contributed by atoms with van der Waals surface area (Å²) in [4.78, 5) is 0.511. The summed E-state index contributed by atoms with van der Waals surface area (Å²) in [6, 6.07) is 17.1. The van der Waals surface area contributed by atoms with Gasteiger partial charge in [-0.25, -0.2) is 0 Å². The number of aromatic hydroxyl groups is 1. The zero-order valence-corrected chi connectivity index (χ0v) is 12.1. The van der Waals surface area contributed by atoms with E-state index in [1.807, 2.05) is 18.2 Å². The summed E-state index contributed by atoms with van der Waals surface area (Å²) in [6.07, 6.45) is 0.962. The molecule has 1 unspecified atom stereocenters. The standard InChI is InChI=1S/C16H19NO2S/c18-15-8-4-5-9-16(15)20(19)13-12-17-11-10-14-6-2-1-3-7-14/h1-9,17-18H,10-13H2. The number of benzene rings is 2. The van der Waals surface area contributed by atoms with Crippen LogP contribution in [0.3, 0.4) is 0 Å². The van der Waals surface area contributed by atoms with Crippen LogP contribution in [0, 0.1) is 0 Å². The van der Waals surface area contributed by atoms with Gasteiger partial charge in [0.1, 0.15) is 5.75 Å². The Labute approximate surface area is 122 Å². The van der Waals surface area contributed by atoms with E-state index in [9.17, 15) is 9.32 Å². The lowest BCUT2D eigenvalue weighted by Gasteiger charge is -2.06. The smallest absolute Gasteiger partial charge is 0.131 e. The van der Waals surface area contributed by atoms with E-state index < -0.39 is 10.8 Å². The van der Waals surface area contributed by atoms with Crippen LogP contribution in [-0.4, -0.2) is 28.2 Å². The van der Waals surface area contributed by atoms with Crippen LogP contribution in [0.2, 0.25) is 0 Å². The molecule has 2 aromatic carbocycles. The van der Waals surface area contributed by atoms with Gasteiger partial charge in [-0.3, -0.25) is 4.21 Å². The Bertz CT molecular complexity index is 557. The second-order valence-corrected chi connectivity index (χ2v) is 6.04. The lowest BCUT2D eigenvalue weighted by Crippen LogP contribution is -2.23. The first-order chi connectivity index (χ1) is 9.77. The van der Waals surface area contributed by atoms with Crippen molar-refractivity contribution in [2.75, 3.05) is 18.8 Å². The number of para-hydroxylation sites is 1. The highest BCUT2D eigenvalue weighted by atomic mass is 32.2. The summed E-state index contributed by atoms with van der Waals surface area (Å²) in [5, 5.41) is 12.9. The Hall–Kier alpha value is -1.65. The number of nitrogens with one attached hydrogen (secondary N) is 1. The fourth-order valence-electron chi connectivity index (χ4n) is 1.93. The molecule has 2 rings (SSSR count). The normalized spacial score (nSPS) is 12.2. The average molecular weight is 289 g/mol. The van der Waals surface area contributed by atoms with Gasteiger partial charge in [-0.2, -0.15) is 0 Å². The van der Waals surface area contributed by atoms with Crippen molar-refractivity contribution in [3.63, 3.8) is 0 Å². The van der Waals surface area contributed by atoms with Gasteiger partial charge in [0.15, 0.2) is 0 Å². The maximum absolute atomic E-state index is 12.0. The maximum Gasteiger partial charge on any atom is 0.131 e. The van der Waals surface area contributed by atoms with Crippen molar-refractivity contribution in [1.29, 1.82) is 0 Å². The summed E-state index contributed by atoms with van der Waals surface area (Å²) in [5.41, 5.74) is 1.29. The molecule has 0 fully saturated rings. The largest absolute Gasteiger partial charge is 0.507 e. The van der Waals surface area contributed by atoms with Gasteiger partial charge in [0, 0.05) is 12.3 Å². The van der Waals surface area contributed by atoms with Crippen LogP contribution in [-0.2, 0) is 17.2 Å². The summed E-state index contributed by atoms with van der Waals surface area (Å²) in [6.45, 7) is 1.54. The highest BCUT2D eigenvalue weighted by molar-refractivity contribution is 7.85. The van der Waals surface area contributed by atoms with Gasteiger partial charge in [0.05, 0.1) is 15.7 Å². The molecule has 4 heteroatoms. The Morgan fingerprint density at radius 2 is 1.65 bits per heavy atom. The van der Waals surface area contributed by atoms with E-state index in [0.717, 1.165) is 13.0 Å². The highest BCUT2D eigenvalue weighted by Crippen LogP contribution is 2.19. The van der Waals surface area contributed by atoms with Crippen molar-refractivity contribution in [2.45, 2.75) is 11.3 Å². The van der Waals surface area contributed by atoms with Gasteiger partial charge in [0.2, 0.25) is 0 Å². The van der Waals surface area contributed by atoms with E-state index in [1.165, 1.54) is 5.56 Å². The Morgan fingerprint density at radius 1 is 0.950 bits per heavy atom. The maximum atomic E-state index is 12.0. The van der Waals surface area contributed by atoms with Crippen LogP contribution in [0.4, 0.5) is 0 Å². The second-order valence-electron chi connectivity index (χ2n) is 4.50. The van der Waals surface area contributed by atoms with Gasteiger partial charge in [0.25, 0.3) is 0 Å². The molecule has 3 nitrogen and oxygen atoms in total. The third-order valence-corrected chi connectivity index (χ3v) is 4.42. The zero-order chi connectivity index (χ0) is 14.2. The van der Waals surface area contributed by atoms with Crippen LogP contribution in [0.25, 0.3) is 0 Å². The second kappa shape index (κ2) is 7.82. The molecule has 0 bridgehead atoms. The third-order valence-electron chi connectivity index (χ3n) is 3.01. The molecule has 0 aliphatic heterocycles. The van der Waals surface area contributed by atoms with Gasteiger partial charge in [-0.15, -0.1) is 0 Å². The first kappa shape index (κ1) is 14.8. The summed E-state index contributed by atoms with van der Waals surface area (Å²) < 4.78 is 12.0. The number of hydrogen-bond acceptors (Lipinski definition) is 3. The predicted molar refractivity (Wildman–Crippen MR) is 82.4 cm³/mol. The van der Waals surface area contributed by atoms with Crippen molar-refractivity contribution in [2.24, 2.45) is 0 Å². The minimum Gasteiger partial charge on any atom is -0.507 e. The first-order valence-corrected chi connectivity index (χ1v) is 8.00. The lowest BCUT2D eigenvalue weighted by atomic mass is 10.1. The van der Waals surface area contributed by atoms with Crippen LogP contribution >= 0.6 is 0 Å². The molecular weight excluding hydrogens is 270 g/mol. The van der Waals surface area contributed by atoms with Crippen LogP contribution in [0.15, 0.2) is 59.5 Å². The van der Waals surface area contributed by atoms with Crippen molar-refractivity contribution >= 4 is 10.8 Å². The molecule has 0 spiro atoms. The fraction of sp³-hybridized carbons (Fsp3) is 0.250. The molecule has 2 aromatic rings. The molecule has 1 atom stereocenters. The van der Waals surface area contributed by atoms with Crippen molar-refractivity contribution in [3.05, 3.63) is 60.2 Å². The summed E-state index contributed by atoms with van der Waals surface area (Å²) >= 11 is 0. The lowest BCUT2D eigenvalue weighted by molar-refractivity contribution is 0.461. The van der Waals surface area contributed by atoms with E-state index in [2.05, 4.69) is 17.4 Å². The van der Waals surface area contributed by atoms with Gasteiger partial charge in [-0.05, 0) is 30.7 Å². The number of phenols is 1. The molecule has 0 saturated heterocycles. The molecule has 106 valence electrons. The quantitative estimate of drug-likeness (QED) is 0.769. The molecule has 0 saturated carbocycles. The van der Waals surface area contributed by atoms with Crippen molar-refractivity contribution in [3.8, 4) is 5.75 Å². The molecule has 2 N–H and O–H groups in total. The first-order valence-electron chi connectivity index (χ1n) is 6.68. The third kappa shape index (κ3) is 4.47. The molecule has 0 heterocycles. The molecule has 0 aliphatic rings. The van der Waals surface area contributed by atoms with E-state index in [4.69, 9.17) is 0 Å². The van der Waals surface area contributed by atoms with E-state index in [0.29, 0.717) is 17.2 Å². The number of hydrogen-bond donors (Lipinski definition) is 2. The minimum atomic E-state index is -1.16. The van der Waals surface area contributed by atoms with Gasteiger partial charge < -0.3 is 10.4 Å². The average Bonchev–Trinajstić information content (AvgIpc) is 2.48. The summed E-state index contributed by atoms with van der Waals surface area (Å²) in [7, 11) is -1.16. The Kier molecular flexibility index (Phi) is 5.77. The summed E-state index contributed by atoms with van der Waals surface area (Å²) in [5.74, 6) is 0.613. The fourth-order valence-corrected chi connectivity index (χ4v) is 3.01. The van der Waals surface area contributed by atoms with Gasteiger partial charge in [-0.1, -0.05) is 42.5 Å². The predicted octanol–water partition coefficient (Wildman–Crippen LogP) is 2.33. The monoisotopic (exact) mass is 289 g/mol. The van der Waals surface area contributed by atoms with E-state index in [-0.39, 0.29) is 5.75 Å². The van der Waals surface area contributed by atoms with E-state index >= 15 is 0 Å². The topological polar surface area (TPSA) is 49.3 Å². The van der Waals surface area contributed by atoms with E-state index in [1.54, 1.807) is 24.3 Å². The zero-order valence-electron chi connectivity index (χ0n) is 11.3. The molecule has 20 heavy (non-hydrogen) atoms. The molecule has 0 amide bonds. The Balaban J connectivity index is 1.69. The van der Waals surface area contributed by atoms with Gasteiger partial charge >= 0.3 is 0 Å². The van der Waals surface area contributed by atoms with Crippen LogP contribution < -0.4 is 5.32 Å². The SMILES string of the molecule is O=S(CCNCCc1ccccc1)c1ccccc1O. The molecule has 0 aromatic heterocycles. The Morgan fingerprint density at radius 3 is 2.40 bits per heavy atom. The number of phenolic OH excluding ortho intramolecular Hbond substituents is 1. The molecule has 0 aliphatic carbocycles. The molecular formula is C16H19NO2S. The molecule has 0 radical (unpaired) electrons. The van der Waals surface area contributed by atoms with Crippen LogP contribution in [0.1, 0.15) is 5.56 Å². The highest BCUT2D eigenvalue weighted by Gasteiger charge is 2.07. The van der Waals surface area contributed by atoms with Crippen molar-refractivity contribution < 1.29 is 9.32 Å². The number of rotatable bonds is 7. The minimum absolute atomic E-state index is 0.107.